The summed E-state index contributed by atoms with van der Waals surface area (Å²) in [5.41, 5.74) is -0.899. The van der Waals surface area contributed by atoms with Crippen LogP contribution in [-0.2, 0) is 14.3 Å². The second kappa shape index (κ2) is 8.35. The van der Waals surface area contributed by atoms with E-state index in [1.807, 2.05) is 39.0 Å². The van der Waals surface area contributed by atoms with Gasteiger partial charge in [-0.25, -0.2) is 8.78 Å². The van der Waals surface area contributed by atoms with Crippen LogP contribution in [0.5, 0.6) is 0 Å². The minimum atomic E-state index is -3.10. The summed E-state index contributed by atoms with van der Waals surface area (Å²) in [5, 5.41) is 0.565. The molecule has 8 heteroatoms. The Morgan fingerprint density at radius 1 is 1.18 bits per heavy atom. The number of likely N-dealkylation sites (tertiary alicyclic amines) is 2. The fraction of sp³-hybridized carbons (Fsp3) is 0.600. The lowest BCUT2D eigenvalue weighted by atomic mass is 9.66. The Hall–Kier alpha value is -1.99. The predicted molar refractivity (Wildman–Crippen MR) is 122 cm³/mol. The van der Waals surface area contributed by atoms with Gasteiger partial charge in [0.2, 0.25) is 11.8 Å². The topological polar surface area (TPSA) is 49.9 Å². The molecular formula is C25H31ClF2N2O3. The van der Waals surface area contributed by atoms with Crippen LogP contribution in [0.25, 0.3) is 0 Å². The lowest BCUT2D eigenvalue weighted by molar-refractivity contribution is -0.233. The Bertz CT molecular complexity index is 961. The molecule has 0 bridgehead atoms. The maximum Gasteiger partial charge on any atom is 0.274 e. The number of hydrogen-bond donors (Lipinski definition) is 0. The maximum atomic E-state index is 15.4. The summed E-state index contributed by atoms with van der Waals surface area (Å²) in [7, 11) is 0. The number of rotatable bonds is 3. The first-order valence-corrected chi connectivity index (χ1v) is 11.8. The Labute approximate surface area is 198 Å². The Morgan fingerprint density at radius 2 is 1.85 bits per heavy atom. The van der Waals surface area contributed by atoms with Crippen molar-refractivity contribution in [3.05, 3.63) is 47.5 Å². The summed E-state index contributed by atoms with van der Waals surface area (Å²) in [6, 6.07) is 7.02. The number of amides is 2. The van der Waals surface area contributed by atoms with E-state index in [0.29, 0.717) is 11.4 Å². The van der Waals surface area contributed by atoms with Gasteiger partial charge in [-0.05, 0) is 51.3 Å². The van der Waals surface area contributed by atoms with E-state index in [4.69, 9.17) is 16.3 Å². The number of halogens is 3. The zero-order chi connectivity index (χ0) is 24.2. The van der Waals surface area contributed by atoms with E-state index in [1.54, 1.807) is 6.07 Å². The molecule has 3 fully saturated rings. The third-order valence-electron chi connectivity index (χ3n) is 7.59. The molecule has 0 saturated carbocycles. The third-order valence-corrected chi connectivity index (χ3v) is 7.94. The molecule has 2 amide bonds. The molecule has 0 radical (unpaired) electrons. The van der Waals surface area contributed by atoms with E-state index in [2.05, 4.69) is 6.58 Å². The standard InChI is InChI=1S/C25H31ClF2N2O3/c1-5-21(31)29-13-24(14-29)10-16(2)30(15-25(24,27)28)22(32)19-12-33-23(3,4)11-18(19)17-8-6-7-9-20(17)26/h5-9,16,18-19H,1,10-15H2,2-4H3/t16-,18+,19-/m0/s1. The van der Waals surface area contributed by atoms with Crippen LogP contribution in [0.15, 0.2) is 36.9 Å². The normalized spacial score (nSPS) is 29.9. The van der Waals surface area contributed by atoms with Crippen molar-refractivity contribution in [3.8, 4) is 0 Å². The maximum absolute atomic E-state index is 15.4. The Morgan fingerprint density at radius 3 is 2.48 bits per heavy atom. The first-order valence-electron chi connectivity index (χ1n) is 11.4. The number of benzene rings is 1. The van der Waals surface area contributed by atoms with Crippen LogP contribution in [-0.4, -0.2) is 65.4 Å². The quantitative estimate of drug-likeness (QED) is 0.598. The number of piperidine rings is 1. The van der Waals surface area contributed by atoms with Crippen molar-refractivity contribution in [1.29, 1.82) is 0 Å². The van der Waals surface area contributed by atoms with Gasteiger partial charge in [0.25, 0.3) is 5.92 Å². The van der Waals surface area contributed by atoms with Crippen molar-refractivity contribution in [2.75, 3.05) is 26.2 Å². The molecule has 33 heavy (non-hydrogen) atoms. The molecular weight excluding hydrogens is 450 g/mol. The van der Waals surface area contributed by atoms with Gasteiger partial charge in [0, 0.05) is 30.1 Å². The highest BCUT2D eigenvalue weighted by atomic mass is 35.5. The molecule has 1 spiro atoms. The number of ether oxygens (including phenoxy) is 1. The lowest BCUT2D eigenvalue weighted by Crippen LogP contribution is -2.73. The zero-order valence-corrected chi connectivity index (χ0v) is 20.1. The largest absolute Gasteiger partial charge is 0.375 e. The molecule has 3 heterocycles. The average Bonchev–Trinajstić information content (AvgIpc) is 2.72. The van der Waals surface area contributed by atoms with Gasteiger partial charge in [-0.2, -0.15) is 0 Å². The van der Waals surface area contributed by atoms with Crippen molar-refractivity contribution in [3.63, 3.8) is 0 Å². The van der Waals surface area contributed by atoms with Crippen molar-refractivity contribution in [2.45, 2.75) is 57.1 Å². The summed E-state index contributed by atoms with van der Waals surface area (Å²) in [6.45, 7) is 8.64. The monoisotopic (exact) mass is 480 g/mol. The molecule has 3 aliphatic rings. The number of hydrogen-bond acceptors (Lipinski definition) is 3. The van der Waals surface area contributed by atoms with Crippen LogP contribution in [0.2, 0.25) is 5.02 Å². The van der Waals surface area contributed by atoms with Crippen molar-refractivity contribution in [1.82, 2.24) is 9.80 Å². The SMILES string of the molecule is C=CC(=O)N1CC2(C[C@H](C)N(C(=O)[C@H]3COC(C)(C)C[C@@H]3c3ccccc3Cl)CC2(F)F)C1. The summed E-state index contributed by atoms with van der Waals surface area (Å²) in [4.78, 5) is 28.2. The second-order valence-electron chi connectivity index (χ2n) is 10.4. The predicted octanol–water partition coefficient (Wildman–Crippen LogP) is 4.51. The molecule has 3 aliphatic heterocycles. The van der Waals surface area contributed by atoms with Crippen LogP contribution in [0, 0.1) is 11.3 Å². The molecule has 3 saturated heterocycles. The number of nitrogens with zero attached hydrogens (tertiary/aromatic N) is 2. The smallest absolute Gasteiger partial charge is 0.274 e. The number of carbonyl (C=O) groups is 2. The summed E-state index contributed by atoms with van der Waals surface area (Å²) < 4.78 is 36.8. The van der Waals surface area contributed by atoms with Gasteiger partial charge in [-0.3, -0.25) is 9.59 Å². The van der Waals surface area contributed by atoms with Crippen molar-refractivity contribution >= 4 is 23.4 Å². The highest BCUT2D eigenvalue weighted by Crippen LogP contribution is 2.52. The van der Waals surface area contributed by atoms with Crippen LogP contribution < -0.4 is 0 Å². The average molecular weight is 481 g/mol. The van der Waals surface area contributed by atoms with Crippen LogP contribution in [0.1, 0.15) is 45.1 Å². The molecule has 0 aromatic heterocycles. The van der Waals surface area contributed by atoms with Crippen LogP contribution in [0.3, 0.4) is 0 Å². The molecule has 180 valence electrons. The van der Waals surface area contributed by atoms with Gasteiger partial charge in [-0.1, -0.05) is 36.4 Å². The number of alkyl halides is 2. The zero-order valence-electron chi connectivity index (χ0n) is 19.3. The summed E-state index contributed by atoms with van der Waals surface area (Å²) >= 11 is 6.47. The fourth-order valence-corrected chi connectivity index (χ4v) is 5.98. The van der Waals surface area contributed by atoms with E-state index in [0.717, 1.165) is 11.6 Å². The van der Waals surface area contributed by atoms with Gasteiger partial charge in [0.05, 0.1) is 30.1 Å². The molecule has 0 N–H and O–H groups in total. The van der Waals surface area contributed by atoms with Gasteiger partial charge in [-0.15, -0.1) is 0 Å². The lowest BCUT2D eigenvalue weighted by Gasteiger charge is -2.59. The first-order chi connectivity index (χ1) is 15.4. The minimum absolute atomic E-state index is 0.0137. The highest BCUT2D eigenvalue weighted by Gasteiger charge is 2.65. The summed E-state index contributed by atoms with van der Waals surface area (Å²) in [5.74, 6) is -4.58. The Balaban J connectivity index is 1.56. The molecule has 5 nitrogen and oxygen atoms in total. The van der Waals surface area contributed by atoms with Crippen molar-refractivity contribution < 1.29 is 23.1 Å². The summed E-state index contributed by atoms with van der Waals surface area (Å²) in [6.07, 6.45) is 1.85. The van der Waals surface area contributed by atoms with Gasteiger partial charge in [0.15, 0.2) is 0 Å². The van der Waals surface area contributed by atoms with E-state index in [9.17, 15) is 9.59 Å². The van der Waals surface area contributed by atoms with E-state index in [1.165, 1.54) is 9.80 Å². The van der Waals surface area contributed by atoms with Gasteiger partial charge < -0.3 is 14.5 Å². The second-order valence-corrected chi connectivity index (χ2v) is 10.8. The van der Waals surface area contributed by atoms with Gasteiger partial charge >= 0.3 is 0 Å². The molecule has 4 rings (SSSR count). The van der Waals surface area contributed by atoms with Crippen molar-refractivity contribution in [2.24, 2.45) is 11.3 Å². The molecule has 0 unspecified atom stereocenters. The fourth-order valence-electron chi connectivity index (χ4n) is 5.71. The molecule has 1 aromatic carbocycles. The first kappa shape index (κ1) is 24.1. The van der Waals surface area contributed by atoms with Crippen LogP contribution >= 0.6 is 11.6 Å². The molecule has 1 aromatic rings. The molecule has 0 aliphatic carbocycles. The highest BCUT2D eigenvalue weighted by molar-refractivity contribution is 6.31. The third kappa shape index (κ3) is 4.18. The van der Waals surface area contributed by atoms with E-state index in [-0.39, 0.29) is 49.9 Å². The van der Waals surface area contributed by atoms with Crippen LogP contribution in [0.4, 0.5) is 8.78 Å². The van der Waals surface area contributed by atoms with E-state index < -0.39 is 29.4 Å². The number of carbonyl (C=O) groups excluding carboxylic acids is 2. The Kier molecular flexibility index (Phi) is 6.11. The van der Waals surface area contributed by atoms with Gasteiger partial charge in [0.1, 0.15) is 0 Å². The minimum Gasteiger partial charge on any atom is -0.375 e. The van der Waals surface area contributed by atoms with E-state index >= 15 is 8.78 Å². The molecule has 3 atom stereocenters.